The van der Waals surface area contributed by atoms with Gasteiger partial charge in [0, 0.05) is 36.3 Å². The van der Waals surface area contributed by atoms with Crippen LogP contribution in [0.15, 0.2) is 30.6 Å². The minimum Gasteiger partial charge on any atom is -0.370 e. The number of likely N-dealkylation sites (tertiary alicyclic amines) is 1. The van der Waals surface area contributed by atoms with Crippen LogP contribution in [-0.2, 0) is 0 Å². The molecule has 0 saturated carbocycles. The van der Waals surface area contributed by atoms with E-state index in [4.69, 9.17) is 0 Å². The molecule has 0 aliphatic carbocycles. The Bertz CT molecular complexity index is 713. The summed E-state index contributed by atoms with van der Waals surface area (Å²) >= 11 is 0. The first-order chi connectivity index (χ1) is 12.4. The van der Waals surface area contributed by atoms with Gasteiger partial charge in [0.05, 0.1) is 6.54 Å². The summed E-state index contributed by atoms with van der Waals surface area (Å²) in [5, 5.41) is 3.32. The highest BCUT2D eigenvalue weighted by molar-refractivity contribution is 5.56. The smallest absolute Gasteiger partial charge is 0.370 e. The van der Waals surface area contributed by atoms with Crippen molar-refractivity contribution in [2.24, 2.45) is 5.92 Å². The molecular weight excluding hydrogens is 343 g/mol. The van der Waals surface area contributed by atoms with Gasteiger partial charge in [-0.3, -0.25) is 9.88 Å². The number of aromatic nitrogens is 3. The molecule has 0 atom stereocenters. The van der Waals surface area contributed by atoms with Crippen molar-refractivity contribution in [1.29, 1.82) is 0 Å². The number of alkyl halides is 3. The minimum atomic E-state index is -4.12. The average Bonchev–Trinajstić information content (AvgIpc) is 2.60. The Morgan fingerprint density at radius 3 is 2.65 bits per heavy atom. The maximum absolute atomic E-state index is 12.4. The lowest BCUT2D eigenvalue weighted by molar-refractivity contribution is -0.148. The zero-order chi connectivity index (χ0) is 18.6. The number of pyridine rings is 1. The van der Waals surface area contributed by atoms with Crippen LogP contribution in [0.25, 0.3) is 11.4 Å². The maximum Gasteiger partial charge on any atom is 0.401 e. The summed E-state index contributed by atoms with van der Waals surface area (Å²) in [6, 6.07) is 5.61. The average molecular weight is 365 g/mol. The molecule has 1 fully saturated rings. The maximum atomic E-state index is 12.4. The van der Waals surface area contributed by atoms with Crippen LogP contribution in [0.3, 0.4) is 0 Å². The van der Waals surface area contributed by atoms with Crippen LogP contribution >= 0.6 is 0 Å². The third kappa shape index (κ3) is 5.39. The standard InChI is InChI=1S/C18H22F3N5/c1-13-9-16(25-17(24-13)15-3-2-6-22-11-15)23-10-14-4-7-26(8-5-14)12-18(19,20)21/h2-3,6,9,11,14H,4-5,7-8,10,12H2,1H3,(H,23,24,25). The third-order valence-electron chi connectivity index (χ3n) is 4.46. The quantitative estimate of drug-likeness (QED) is 0.878. The van der Waals surface area contributed by atoms with Crippen LogP contribution in [0.1, 0.15) is 18.5 Å². The van der Waals surface area contributed by atoms with E-state index < -0.39 is 12.7 Å². The van der Waals surface area contributed by atoms with Crippen LogP contribution < -0.4 is 5.32 Å². The van der Waals surface area contributed by atoms with Crippen molar-refractivity contribution < 1.29 is 13.2 Å². The SMILES string of the molecule is Cc1cc(NCC2CCN(CC(F)(F)F)CC2)nc(-c2cccnc2)n1. The Morgan fingerprint density at radius 2 is 2.00 bits per heavy atom. The van der Waals surface area contributed by atoms with E-state index in [1.54, 1.807) is 12.4 Å². The molecule has 140 valence electrons. The molecule has 0 aromatic carbocycles. The molecular formula is C18H22F3N5. The molecule has 2 aromatic heterocycles. The van der Waals surface area contributed by atoms with Gasteiger partial charge in [0.2, 0.25) is 0 Å². The van der Waals surface area contributed by atoms with Gasteiger partial charge in [0.25, 0.3) is 0 Å². The fourth-order valence-corrected chi connectivity index (χ4v) is 3.13. The van der Waals surface area contributed by atoms with Gasteiger partial charge in [-0.1, -0.05) is 0 Å². The van der Waals surface area contributed by atoms with Gasteiger partial charge < -0.3 is 5.32 Å². The van der Waals surface area contributed by atoms with Crippen LogP contribution in [0.2, 0.25) is 0 Å². The van der Waals surface area contributed by atoms with Crippen molar-refractivity contribution in [2.75, 3.05) is 31.5 Å². The lowest BCUT2D eigenvalue weighted by Crippen LogP contribution is -2.41. The van der Waals surface area contributed by atoms with Crippen LogP contribution in [0, 0.1) is 12.8 Å². The van der Waals surface area contributed by atoms with Crippen molar-refractivity contribution in [3.63, 3.8) is 0 Å². The Balaban J connectivity index is 1.55. The van der Waals surface area contributed by atoms with E-state index in [2.05, 4.69) is 20.3 Å². The molecule has 0 unspecified atom stereocenters. The summed E-state index contributed by atoms with van der Waals surface area (Å²) in [5.41, 5.74) is 1.70. The number of anilines is 1. The minimum absolute atomic E-state index is 0.344. The van der Waals surface area contributed by atoms with Crippen molar-refractivity contribution in [2.45, 2.75) is 25.9 Å². The van der Waals surface area contributed by atoms with E-state index in [9.17, 15) is 13.2 Å². The molecule has 1 N–H and O–H groups in total. The molecule has 1 saturated heterocycles. The zero-order valence-corrected chi connectivity index (χ0v) is 14.6. The van der Waals surface area contributed by atoms with Crippen LogP contribution in [0.4, 0.5) is 19.0 Å². The number of aryl methyl sites for hydroxylation is 1. The van der Waals surface area contributed by atoms with Gasteiger partial charge in [-0.15, -0.1) is 0 Å². The molecule has 0 spiro atoms. The molecule has 1 aliphatic rings. The molecule has 8 heteroatoms. The summed E-state index contributed by atoms with van der Waals surface area (Å²) in [6.07, 6.45) is 0.802. The first-order valence-electron chi connectivity index (χ1n) is 8.68. The second-order valence-corrected chi connectivity index (χ2v) is 6.68. The highest BCUT2D eigenvalue weighted by atomic mass is 19.4. The van der Waals surface area contributed by atoms with E-state index in [1.165, 1.54) is 4.90 Å². The molecule has 2 aromatic rings. The zero-order valence-electron chi connectivity index (χ0n) is 14.6. The number of hydrogen-bond donors (Lipinski definition) is 1. The summed E-state index contributed by atoms with van der Waals surface area (Å²) in [6.45, 7) is 2.75. The normalized spacial score (nSPS) is 16.6. The van der Waals surface area contributed by atoms with E-state index in [0.717, 1.165) is 29.9 Å². The van der Waals surface area contributed by atoms with E-state index in [-0.39, 0.29) is 0 Å². The van der Waals surface area contributed by atoms with Crippen molar-refractivity contribution in [1.82, 2.24) is 19.9 Å². The first-order valence-corrected chi connectivity index (χ1v) is 8.68. The lowest BCUT2D eigenvalue weighted by Gasteiger charge is -2.32. The number of rotatable bonds is 5. The van der Waals surface area contributed by atoms with Crippen molar-refractivity contribution in [3.8, 4) is 11.4 Å². The second kappa shape index (κ2) is 7.99. The van der Waals surface area contributed by atoms with Gasteiger partial charge in [-0.2, -0.15) is 13.2 Å². The second-order valence-electron chi connectivity index (χ2n) is 6.68. The van der Waals surface area contributed by atoms with Crippen LogP contribution in [-0.4, -0.2) is 52.2 Å². The molecule has 0 bridgehead atoms. The van der Waals surface area contributed by atoms with Crippen molar-refractivity contribution >= 4 is 5.82 Å². The van der Waals surface area contributed by atoms with E-state index in [0.29, 0.717) is 31.4 Å². The molecule has 1 aliphatic heterocycles. The number of hydrogen-bond acceptors (Lipinski definition) is 5. The van der Waals surface area contributed by atoms with Gasteiger partial charge in [0.1, 0.15) is 5.82 Å². The molecule has 3 heterocycles. The fourth-order valence-electron chi connectivity index (χ4n) is 3.13. The van der Waals surface area contributed by atoms with Gasteiger partial charge in [-0.05, 0) is 50.9 Å². The Kier molecular flexibility index (Phi) is 5.70. The topological polar surface area (TPSA) is 53.9 Å². The molecule has 3 rings (SSSR count). The number of piperidine rings is 1. The summed E-state index contributed by atoms with van der Waals surface area (Å²) in [5.74, 6) is 1.69. The van der Waals surface area contributed by atoms with Gasteiger partial charge in [0.15, 0.2) is 5.82 Å². The van der Waals surface area contributed by atoms with Gasteiger partial charge >= 0.3 is 6.18 Å². The Labute approximate surface area is 150 Å². The predicted octanol–water partition coefficient (Wildman–Crippen LogP) is 3.53. The summed E-state index contributed by atoms with van der Waals surface area (Å²) in [4.78, 5) is 14.5. The molecule has 5 nitrogen and oxygen atoms in total. The third-order valence-corrected chi connectivity index (χ3v) is 4.46. The van der Waals surface area contributed by atoms with E-state index in [1.807, 2.05) is 25.1 Å². The highest BCUT2D eigenvalue weighted by Gasteiger charge is 2.32. The summed E-state index contributed by atoms with van der Waals surface area (Å²) in [7, 11) is 0. The molecule has 0 amide bonds. The Morgan fingerprint density at radius 1 is 1.23 bits per heavy atom. The van der Waals surface area contributed by atoms with Gasteiger partial charge in [-0.25, -0.2) is 9.97 Å². The number of nitrogens with one attached hydrogen (secondary N) is 1. The monoisotopic (exact) mass is 365 g/mol. The van der Waals surface area contributed by atoms with E-state index >= 15 is 0 Å². The largest absolute Gasteiger partial charge is 0.401 e. The first kappa shape index (κ1) is 18.6. The van der Waals surface area contributed by atoms with Crippen molar-refractivity contribution in [3.05, 3.63) is 36.3 Å². The Hall–Kier alpha value is -2.22. The molecule has 0 radical (unpaired) electrons. The highest BCUT2D eigenvalue weighted by Crippen LogP contribution is 2.23. The lowest BCUT2D eigenvalue weighted by atomic mass is 9.97. The predicted molar refractivity (Wildman–Crippen MR) is 93.7 cm³/mol. The number of nitrogens with zero attached hydrogens (tertiary/aromatic N) is 4. The molecule has 26 heavy (non-hydrogen) atoms. The summed E-state index contributed by atoms with van der Waals surface area (Å²) < 4.78 is 37.3. The fraction of sp³-hybridized carbons (Fsp3) is 0.500. The number of halogens is 3. The van der Waals surface area contributed by atoms with Crippen LogP contribution in [0.5, 0.6) is 0 Å².